The average Bonchev–Trinajstić information content (AvgIpc) is 2.26. The summed E-state index contributed by atoms with van der Waals surface area (Å²) in [5.74, 6) is -0.754. The fraction of sp³-hybridized carbons (Fsp3) is 0.364. The molecule has 0 saturated carbocycles. The topological polar surface area (TPSA) is 96.0 Å². The lowest BCUT2D eigenvalue weighted by molar-refractivity contribution is 0.498. The number of rotatable bonds is 4. The zero-order valence-corrected chi connectivity index (χ0v) is 12.1. The summed E-state index contributed by atoms with van der Waals surface area (Å²) < 4.78 is 39.1. The van der Waals surface area contributed by atoms with Gasteiger partial charge in [0.05, 0.1) is 10.5 Å². The molecule has 1 rings (SSSR count). The summed E-state index contributed by atoms with van der Waals surface area (Å²) in [5, 5.41) is 8.64. The van der Waals surface area contributed by atoms with E-state index in [1.165, 1.54) is 0 Å². The normalized spacial score (nSPS) is 11.5. The van der Waals surface area contributed by atoms with E-state index in [0.717, 1.165) is 18.2 Å². The minimum absolute atomic E-state index is 0. The zero-order valence-electron chi connectivity index (χ0n) is 10.5. The molecule has 0 aromatic heterocycles. The fourth-order valence-corrected chi connectivity index (χ4v) is 2.37. The van der Waals surface area contributed by atoms with Gasteiger partial charge in [-0.05, 0) is 32.0 Å². The van der Waals surface area contributed by atoms with Crippen LogP contribution < -0.4 is 10.5 Å². The van der Waals surface area contributed by atoms with Gasteiger partial charge in [-0.2, -0.15) is 5.26 Å². The molecule has 19 heavy (non-hydrogen) atoms. The van der Waals surface area contributed by atoms with E-state index < -0.39 is 21.4 Å². The van der Waals surface area contributed by atoms with Gasteiger partial charge in [0.15, 0.2) is 0 Å². The van der Waals surface area contributed by atoms with Crippen LogP contribution >= 0.6 is 12.4 Å². The maximum absolute atomic E-state index is 13.1. The van der Waals surface area contributed by atoms with E-state index in [9.17, 15) is 12.8 Å². The molecule has 0 atom stereocenters. The Labute approximate surface area is 118 Å². The number of nitrogens with two attached hydrogens (primary N) is 1. The van der Waals surface area contributed by atoms with Gasteiger partial charge in [0.25, 0.3) is 0 Å². The van der Waals surface area contributed by atoms with Crippen LogP contribution in [-0.2, 0) is 10.0 Å². The minimum atomic E-state index is -3.79. The van der Waals surface area contributed by atoms with Gasteiger partial charge in [0.1, 0.15) is 11.9 Å². The first-order chi connectivity index (χ1) is 8.15. The summed E-state index contributed by atoms with van der Waals surface area (Å²) in [6.07, 6.45) is 0. The molecule has 0 fully saturated rings. The van der Waals surface area contributed by atoms with Gasteiger partial charge >= 0.3 is 0 Å². The highest BCUT2D eigenvalue weighted by Crippen LogP contribution is 2.14. The fourth-order valence-electron chi connectivity index (χ4n) is 1.12. The molecule has 8 heteroatoms. The van der Waals surface area contributed by atoms with E-state index in [0.29, 0.717) is 0 Å². The summed E-state index contributed by atoms with van der Waals surface area (Å²) in [7, 11) is -3.79. The number of sulfonamides is 1. The largest absolute Gasteiger partial charge is 0.324 e. The molecule has 0 heterocycles. The van der Waals surface area contributed by atoms with Crippen LogP contribution in [0.4, 0.5) is 4.39 Å². The molecule has 0 aliphatic heterocycles. The Balaban J connectivity index is 0.00000324. The van der Waals surface area contributed by atoms with Crippen molar-refractivity contribution in [1.82, 2.24) is 4.72 Å². The molecule has 0 aliphatic carbocycles. The lowest BCUT2D eigenvalue weighted by Crippen LogP contribution is -2.45. The summed E-state index contributed by atoms with van der Waals surface area (Å²) in [6.45, 7) is 3.37. The standard InChI is InChI=1S/C11H14FN3O2S.ClH/c1-11(2,14)7-15-18(16,17)9-3-4-10(12)8(5-9)6-13;/h3-5,15H,7,14H2,1-2H3;1H. The second kappa shape index (κ2) is 6.30. The number of nitrogens with zero attached hydrogens (tertiary/aromatic N) is 1. The molecule has 0 spiro atoms. The third-order valence-electron chi connectivity index (χ3n) is 2.09. The number of nitriles is 1. The zero-order chi connectivity index (χ0) is 14.0. The number of hydrogen-bond acceptors (Lipinski definition) is 4. The van der Waals surface area contributed by atoms with Crippen LogP contribution in [0, 0.1) is 17.1 Å². The van der Waals surface area contributed by atoms with Crippen LogP contribution in [-0.4, -0.2) is 20.5 Å². The van der Waals surface area contributed by atoms with Crippen LogP contribution in [0.2, 0.25) is 0 Å². The minimum Gasteiger partial charge on any atom is -0.324 e. The Kier molecular flexibility index (Phi) is 5.90. The quantitative estimate of drug-likeness (QED) is 0.871. The van der Waals surface area contributed by atoms with Crippen molar-refractivity contribution in [3.8, 4) is 6.07 Å². The number of hydrogen-bond donors (Lipinski definition) is 2. The Bertz CT molecular complexity index is 591. The van der Waals surface area contributed by atoms with E-state index in [4.69, 9.17) is 11.0 Å². The lowest BCUT2D eigenvalue weighted by atomic mass is 10.1. The SMILES string of the molecule is CC(C)(N)CNS(=O)(=O)c1ccc(F)c(C#N)c1.Cl. The van der Waals surface area contributed by atoms with E-state index in [1.54, 1.807) is 19.9 Å². The highest BCUT2D eigenvalue weighted by molar-refractivity contribution is 7.89. The van der Waals surface area contributed by atoms with Crippen LogP contribution in [0.25, 0.3) is 0 Å². The monoisotopic (exact) mass is 307 g/mol. The second-order valence-electron chi connectivity index (χ2n) is 4.57. The molecular formula is C11H15ClFN3O2S. The molecular weight excluding hydrogens is 293 g/mol. The molecule has 0 saturated heterocycles. The van der Waals surface area contributed by atoms with E-state index in [2.05, 4.69) is 4.72 Å². The van der Waals surface area contributed by atoms with Crippen molar-refractivity contribution in [2.24, 2.45) is 5.73 Å². The van der Waals surface area contributed by atoms with Crippen molar-refractivity contribution in [2.45, 2.75) is 24.3 Å². The van der Waals surface area contributed by atoms with Gasteiger partial charge in [-0.3, -0.25) is 0 Å². The second-order valence-corrected chi connectivity index (χ2v) is 6.33. The van der Waals surface area contributed by atoms with Gasteiger partial charge in [0, 0.05) is 12.1 Å². The van der Waals surface area contributed by atoms with Crippen molar-refractivity contribution in [3.05, 3.63) is 29.6 Å². The Morgan fingerprint density at radius 2 is 2.05 bits per heavy atom. The summed E-state index contributed by atoms with van der Waals surface area (Å²) >= 11 is 0. The summed E-state index contributed by atoms with van der Waals surface area (Å²) in [4.78, 5) is -0.162. The van der Waals surface area contributed by atoms with E-state index in [-0.39, 0.29) is 29.4 Å². The highest BCUT2D eigenvalue weighted by Gasteiger charge is 2.19. The molecule has 0 bridgehead atoms. The molecule has 106 valence electrons. The van der Waals surface area contributed by atoms with Crippen molar-refractivity contribution in [1.29, 1.82) is 5.26 Å². The van der Waals surface area contributed by atoms with Gasteiger partial charge in [-0.15, -0.1) is 12.4 Å². The van der Waals surface area contributed by atoms with Gasteiger partial charge < -0.3 is 5.73 Å². The predicted molar refractivity (Wildman–Crippen MR) is 71.8 cm³/mol. The average molecular weight is 308 g/mol. The Morgan fingerprint density at radius 3 is 2.53 bits per heavy atom. The van der Waals surface area contributed by atoms with Crippen LogP contribution in [0.15, 0.2) is 23.1 Å². The molecule has 0 unspecified atom stereocenters. The predicted octanol–water partition coefficient (Wildman–Crippen LogP) is 1.13. The summed E-state index contributed by atoms with van der Waals surface area (Å²) in [5.41, 5.74) is 4.64. The first kappa shape index (κ1) is 17.8. The third-order valence-corrected chi connectivity index (χ3v) is 3.49. The van der Waals surface area contributed by atoms with Crippen molar-refractivity contribution in [2.75, 3.05) is 6.54 Å². The van der Waals surface area contributed by atoms with Crippen molar-refractivity contribution < 1.29 is 12.8 Å². The number of nitrogens with one attached hydrogen (secondary N) is 1. The van der Waals surface area contributed by atoms with Crippen molar-refractivity contribution in [3.63, 3.8) is 0 Å². The highest BCUT2D eigenvalue weighted by atomic mass is 35.5. The number of halogens is 2. The number of benzene rings is 1. The van der Waals surface area contributed by atoms with E-state index in [1.807, 2.05) is 0 Å². The summed E-state index contributed by atoms with van der Waals surface area (Å²) in [6, 6.07) is 4.62. The lowest BCUT2D eigenvalue weighted by Gasteiger charge is -2.18. The van der Waals surface area contributed by atoms with Gasteiger partial charge in [0.2, 0.25) is 10.0 Å². The Hall–Kier alpha value is -1.20. The van der Waals surface area contributed by atoms with Crippen molar-refractivity contribution >= 4 is 22.4 Å². The van der Waals surface area contributed by atoms with E-state index >= 15 is 0 Å². The van der Waals surface area contributed by atoms with Crippen LogP contribution in [0.3, 0.4) is 0 Å². The Morgan fingerprint density at radius 1 is 1.47 bits per heavy atom. The molecule has 0 amide bonds. The van der Waals surface area contributed by atoms with Crippen LogP contribution in [0.5, 0.6) is 0 Å². The first-order valence-corrected chi connectivity index (χ1v) is 6.62. The maximum atomic E-state index is 13.1. The maximum Gasteiger partial charge on any atom is 0.240 e. The van der Waals surface area contributed by atoms with Gasteiger partial charge in [-0.1, -0.05) is 0 Å². The smallest absolute Gasteiger partial charge is 0.240 e. The third kappa shape index (κ3) is 5.12. The molecule has 0 aliphatic rings. The molecule has 1 aromatic rings. The first-order valence-electron chi connectivity index (χ1n) is 5.14. The molecule has 5 nitrogen and oxygen atoms in total. The molecule has 3 N–H and O–H groups in total. The van der Waals surface area contributed by atoms with Crippen LogP contribution in [0.1, 0.15) is 19.4 Å². The molecule has 1 aromatic carbocycles. The molecule has 0 radical (unpaired) electrons. The van der Waals surface area contributed by atoms with Gasteiger partial charge in [-0.25, -0.2) is 17.5 Å².